The number of hydrogen-bond acceptors (Lipinski definition) is 5. The monoisotopic (exact) mass is 307 g/mol. The van der Waals surface area contributed by atoms with E-state index < -0.39 is 0 Å². The molecular weight excluding hydrogens is 286 g/mol. The Balaban J connectivity index is 2.01. The molecule has 0 unspecified atom stereocenters. The molecule has 0 radical (unpaired) electrons. The van der Waals surface area contributed by atoms with Crippen LogP contribution in [-0.4, -0.2) is 37.3 Å². The van der Waals surface area contributed by atoms with Crippen molar-refractivity contribution >= 4 is 23.4 Å². The van der Waals surface area contributed by atoms with E-state index in [2.05, 4.69) is 34.2 Å². The van der Waals surface area contributed by atoms with Crippen molar-refractivity contribution in [2.24, 2.45) is 0 Å². The summed E-state index contributed by atoms with van der Waals surface area (Å²) in [6, 6.07) is 2.20. The first-order chi connectivity index (χ1) is 10.0. The van der Waals surface area contributed by atoms with Gasteiger partial charge < -0.3 is 5.32 Å². The zero-order valence-electron chi connectivity index (χ0n) is 12.9. The standard InChI is InChI=1S/C14H21N5OS/c1-5-11(6-2)16-12(20)8-21-14-17-13-15-9(3)7-10(4)19(13)18-14/h7,11H,5-6,8H2,1-4H3,(H,16,20). The molecule has 0 bridgehead atoms. The molecule has 1 N–H and O–H groups in total. The molecule has 2 aromatic rings. The van der Waals surface area contributed by atoms with E-state index in [9.17, 15) is 4.79 Å². The van der Waals surface area contributed by atoms with E-state index in [0.717, 1.165) is 24.2 Å². The Hall–Kier alpha value is -1.63. The topological polar surface area (TPSA) is 72.2 Å². The van der Waals surface area contributed by atoms with Gasteiger partial charge in [0.25, 0.3) is 5.78 Å². The molecule has 0 aliphatic rings. The van der Waals surface area contributed by atoms with Crippen LogP contribution in [0.1, 0.15) is 38.1 Å². The maximum absolute atomic E-state index is 11.9. The number of amides is 1. The van der Waals surface area contributed by atoms with E-state index in [-0.39, 0.29) is 11.9 Å². The van der Waals surface area contributed by atoms with Crippen molar-refractivity contribution in [1.29, 1.82) is 0 Å². The van der Waals surface area contributed by atoms with E-state index in [1.165, 1.54) is 11.8 Å². The van der Waals surface area contributed by atoms with Crippen molar-refractivity contribution in [2.75, 3.05) is 5.75 Å². The van der Waals surface area contributed by atoms with Gasteiger partial charge in [0, 0.05) is 17.4 Å². The summed E-state index contributed by atoms with van der Waals surface area (Å²) in [4.78, 5) is 20.6. The number of aromatic nitrogens is 4. The van der Waals surface area contributed by atoms with Crippen LogP contribution in [0.15, 0.2) is 11.2 Å². The lowest BCUT2D eigenvalue weighted by Crippen LogP contribution is -2.35. The zero-order chi connectivity index (χ0) is 15.4. The number of hydrogen-bond donors (Lipinski definition) is 1. The van der Waals surface area contributed by atoms with Crippen molar-refractivity contribution in [2.45, 2.75) is 51.7 Å². The number of aryl methyl sites for hydroxylation is 2. The number of nitrogens with zero attached hydrogens (tertiary/aromatic N) is 4. The van der Waals surface area contributed by atoms with Gasteiger partial charge in [-0.1, -0.05) is 25.6 Å². The Morgan fingerprint density at radius 2 is 2.05 bits per heavy atom. The summed E-state index contributed by atoms with van der Waals surface area (Å²) >= 11 is 1.34. The van der Waals surface area contributed by atoms with Gasteiger partial charge in [-0.3, -0.25) is 4.79 Å². The molecule has 0 saturated carbocycles. The third-order valence-electron chi connectivity index (χ3n) is 3.28. The summed E-state index contributed by atoms with van der Waals surface area (Å²) in [6.45, 7) is 8.03. The molecule has 1 amide bonds. The van der Waals surface area contributed by atoms with Gasteiger partial charge >= 0.3 is 0 Å². The Morgan fingerprint density at radius 3 is 2.71 bits per heavy atom. The van der Waals surface area contributed by atoms with Crippen molar-refractivity contribution in [3.8, 4) is 0 Å². The highest BCUT2D eigenvalue weighted by Crippen LogP contribution is 2.15. The minimum absolute atomic E-state index is 0.0217. The molecule has 2 rings (SSSR count). The molecule has 6 nitrogen and oxygen atoms in total. The predicted molar refractivity (Wildman–Crippen MR) is 83.5 cm³/mol. The van der Waals surface area contributed by atoms with Crippen molar-refractivity contribution < 1.29 is 4.79 Å². The second-order valence-electron chi connectivity index (χ2n) is 5.01. The lowest BCUT2D eigenvalue weighted by atomic mass is 10.2. The first kappa shape index (κ1) is 15.8. The van der Waals surface area contributed by atoms with Crippen LogP contribution in [0.3, 0.4) is 0 Å². The van der Waals surface area contributed by atoms with E-state index in [4.69, 9.17) is 0 Å². The van der Waals surface area contributed by atoms with Crippen molar-refractivity contribution in [1.82, 2.24) is 24.9 Å². The quantitative estimate of drug-likeness (QED) is 0.828. The van der Waals surface area contributed by atoms with Crippen LogP contribution >= 0.6 is 11.8 Å². The Kier molecular flexibility index (Phi) is 5.17. The highest BCUT2D eigenvalue weighted by Gasteiger charge is 2.12. The Labute approximate surface area is 128 Å². The predicted octanol–water partition coefficient (Wildman–Crippen LogP) is 2.14. The lowest BCUT2D eigenvalue weighted by molar-refractivity contribution is -0.119. The third kappa shape index (κ3) is 3.93. The molecule has 0 fully saturated rings. The van der Waals surface area contributed by atoms with Gasteiger partial charge in [0.2, 0.25) is 11.1 Å². The normalized spacial score (nSPS) is 11.3. The Bertz CT molecular complexity index is 636. The SMILES string of the molecule is CCC(CC)NC(=O)CSc1nc2nc(C)cc(C)n2n1. The molecule has 0 atom stereocenters. The molecule has 0 saturated heterocycles. The maximum atomic E-state index is 11.9. The van der Waals surface area contributed by atoms with E-state index in [1.54, 1.807) is 4.52 Å². The smallest absolute Gasteiger partial charge is 0.253 e. The van der Waals surface area contributed by atoms with E-state index >= 15 is 0 Å². The number of carbonyl (C=O) groups is 1. The molecule has 0 aliphatic heterocycles. The van der Waals surface area contributed by atoms with Gasteiger partial charge in [0.05, 0.1) is 5.75 Å². The fraction of sp³-hybridized carbons (Fsp3) is 0.571. The molecule has 7 heteroatoms. The minimum atomic E-state index is 0.0217. The van der Waals surface area contributed by atoms with Gasteiger partial charge in [-0.15, -0.1) is 5.10 Å². The van der Waals surface area contributed by atoms with Gasteiger partial charge in [-0.05, 0) is 32.8 Å². The number of carbonyl (C=O) groups excluding carboxylic acids is 1. The second kappa shape index (κ2) is 6.89. The fourth-order valence-electron chi connectivity index (χ4n) is 2.10. The highest BCUT2D eigenvalue weighted by atomic mass is 32.2. The van der Waals surface area contributed by atoms with Crippen molar-refractivity contribution in [3.63, 3.8) is 0 Å². The van der Waals surface area contributed by atoms with Crippen LogP contribution in [0, 0.1) is 13.8 Å². The second-order valence-corrected chi connectivity index (χ2v) is 5.96. The molecule has 0 spiro atoms. The van der Waals surface area contributed by atoms with Gasteiger partial charge in [0.1, 0.15) is 0 Å². The number of rotatable bonds is 6. The maximum Gasteiger partial charge on any atom is 0.253 e. The third-order valence-corrected chi connectivity index (χ3v) is 4.12. The van der Waals surface area contributed by atoms with Gasteiger partial charge in [-0.2, -0.15) is 4.98 Å². The molecule has 2 heterocycles. The average molecular weight is 307 g/mol. The minimum Gasteiger partial charge on any atom is -0.353 e. The molecule has 0 aromatic carbocycles. The summed E-state index contributed by atoms with van der Waals surface area (Å²) in [7, 11) is 0. The highest BCUT2D eigenvalue weighted by molar-refractivity contribution is 7.99. The molecular formula is C14H21N5OS. The first-order valence-corrected chi connectivity index (χ1v) is 8.15. The zero-order valence-corrected chi connectivity index (χ0v) is 13.7. The summed E-state index contributed by atoms with van der Waals surface area (Å²) in [6.07, 6.45) is 1.89. The summed E-state index contributed by atoms with van der Waals surface area (Å²) in [5.41, 5.74) is 1.90. The molecule has 2 aromatic heterocycles. The van der Waals surface area contributed by atoms with Gasteiger partial charge in [-0.25, -0.2) is 9.50 Å². The number of thioether (sulfide) groups is 1. The summed E-state index contributed by atoms with van der Waals surface area (Å²) < 4.78 is 1.70. The first-order valence-electron chi connectivity index (χ1n) is 7.16. The Morgan fingerprint density at radius 1 is 1.33 bits per heavy atom. The van der Waals surface area contributed by atoms with Crippen LogP contribution in [0.5, 0.6) is 0 Å². The number of nitrogens with one attached hydrogen (secondary N) is 1. The van der Waals surface area contributed by atoms with E-state index in [1.807, 2.05) is 19.9 Å². The van der Waals surface area contributed by atoms with Gasteiger partial charge in [0.15, 0.2) is 0 Å². The summed E-state index contributed by atoms with van der Waals surface area (Å²) in [5.74, 6) is 0.926. The molecule has 114 valence electrons. The largest absolute Gasteiger partial charge is 0.353 e. The van der Waals surface area contributed by atoms with Crippen molar-refractivity contribution in [3.05, 3.63) is 17.5 Å². The fourth-order valence-corrected chi connectivity index (χ4v) is 2.73. The molecule has 0 aliphatic carbocycles. The van der Waals surface area contributed by atoms with Crippen LogP contribution < -0.4 is 5.32 Å². The molecule has 21 heavy (non-hydrogen) atoms. The average Bonchev–Trinajstić information content (AvgIpc) is 2.85. The number of fused-ring (bicyclic) bond motifs is 1. The van der Waals surface area contributed by atoms with Crippen LogP contribution in [-0.2, 0) is 4.79 Å². The van der Waals surface area contributed by atoms with Crippen LogP contribution in [0.2, 0.25) is 0 Å². The summed E-state index contributed by atoms with van der Waals surface area (Å²) in [5, 5.41) is 7.95. The van der Waals surface area contributed by atoms with Crippen LogP contribution in [0.4, 0.5) is 0 Å². The van der Waals surface area contributed by atoms with E-state index in [0.29, 0.717) is 16.7 Å². The lowest BCUT2D eigenvalue weighted by Gasteiger charge is -2.13. The van der Waals surface area contributed by atoms with Crippen LogP contribution in [0.25, 0.3) is 5.78 Å².